The van der Waals surface area contributed by atoms with Crippen LogP contribution in [0.4, 0.5) is 24.9 Å². The van der Waals surface area contributed by atoms with Crippen molar-refractivity contribution in [2.24, 2.45) is 0 Å². The van der Waals surface area contributed by atoms with Crippen molar-refractivity contribution in [3.63, 3.8) is 0 Å². The molecular formula is C18H13ClF3N5O. The van der Waals surface area contributed by atoms with E-state index in [1.54, 1.807) is 24.3 Å². The van der Waals surface area contributed by atoms with Crippen LogP contribution in [0, 0.1) is 0 Å². The van der Waals surface area contributed by atoms with E-state index in [9.17, 15) is 13.2 Å². The van der Waals surface area contributed by atoms with Gasteiger partial charge in [-0.1, -0.05) is 30.3 Å². The number of pyridine rings is 1. The predicted molar refractivity (Wildman–Crippen MR) is 100 cm³/mol. The maximum Gasteiger partial charge on any atom is 0.420 e. The van der Waals surface area contributed by atoms with E-state index < -0.39 is 16.9 Å². The molecule has 0 amide bonds. The smallest absolute Gasteiger partial charge is 0.420 e. The second-order valence-corrected chi connectivity index (χ2v) is 6.31. The first-order valence-electron chi connectivity index (χ1n) is 8.20. The number of fused-ring (bicyclic) bond motifs is 5. The predicted octanol–water partition coefficient (Wildman–Crippen LogP) is 4.58. The molecule has 4 rings (SSSR count). The molecular weight excluding hydrogens is 395 g/mol. The van der Waals surface area contributed by atoms with Crippen molar-refractivity contribution in [2.75, 3.05) is 23.8 Å². The summed E-state index contributed by atoms with van der Waals surface area (Å²) in [6, 6.07) is 7.07. The lowest BCUT2D eigenvalue weighted by atomic mass is 10.1. The molecule has 1 aromatic carbocycles. The van der Waals surface area contributed by atoms with Gasteiger partial charge in [-0.3, -0.25) is 0 Å². The molecule has 0 saturated heterocycles. The zero-order chi connectivity index (χ0) is 19.9. The Morgan fingerprint density at radius 3 is 2.75 bits per heavy atom. The number of ether oxygens (including phenoxy) is 1. The summed E-state index contributed by atoms with van der Waals surface area (Å²) in [6.07, 6.45) is -3.56. The van der Waals surface area contributed by atoms with Crippen LogP contribution in [0.2, 0.25) is 5.15 Å². The molecule has 6 nitrogen and oxygen atoms in total. The first-order chi connectivity index (χ1) is 13.3. The van der Waals surface area contributed by atoms with Gasteiger partial charge in [-0.2, -0.15) is 18.2 Å². The molecule has 1 aliphatic heterocycles. The van der Waals surface area contributed by atoms with Crippen LogP contribution in [0.25, 0.3) is 16.6 Å². The fraction of sp³-hybridized carbons (Fsp3) is 0.167. The van der Waals surface area contributed by atoms with Gasteiger partial charge in [0.15, 0.2) is 0 Å². The number of alkyl halides is 3. The molecule has 3 heterocycles. The van der Waals surface area contributed by atoms with Crippen LogP contribution in [0.5, 0.6) is 5.75 Å². The molecule has 0 spiro atoms. The number of nitrogens with zero attached hydrogens (tertiary/aromatic N) is 3. The van der Waals surface area contributed by atoms with Crippen LogP contribution in [0.3, 0.4) is 0 Å². The lowest BCUT2D eigenvalue weighted by Gasteiger charge is -2.17. The van der Waals surface area contributed by atoms with Crippen molar-refractivity contribution in [1.82, 2.24) is 15.0 Å². The lowest BCUT2D eigenvalue weighted by Crippen LogP contribution is -2.14. The number of rotatable bonds is 0. The SMILES string of the molecule is C=C1Nc2nc(nc3cnc(Cl)c(C(F)(F)F)c23)NCCOc2ccccc21. The summed E-state index contributed by atoms with van der Waals surface area (Å²) in [6.45, 7) is 4.58. The number of anilines is 2. The zero-order valence-corrected chi connectivity index (χ0v) is 15.0. The lowest BCUT2D eigenvalue weighted by molar-refractivity contribution is -0.136. The third-order valence-electron chi connectivity index (χ3n) is 4.10. The van der Waals surface area contributed by atoms with Gasteiger partial charge in [0.2, 0.25) is 5.95 Å². The highest BCUT2D eigenvalue weighted by Gasteiger charge is 2.38. The first kappa shape index (κ1) is 18.3. The minimum Gasteiger partial charge on any atom is -0.491 e. The van der Waals surface area contributed by atoms with Crippen molar-refractivity contribution in [3.8, 4) is 5.75 Å². The van der Waals surface area contributed by atoms with E-state index >= 15 is 0 Å². The Bertz CT molecular complexity index is 1090. The molecule has 3 aromatic rings. The summed E-state index contributed by atoms with van der Waals surface area (Å²) in [5.74, 6) is 0.602. The average molecular weight is 408 g/mol. The quantitative estimate of drug-likeness (QED) is 0.531. The molecule has 28 heavy (non-hydrogen) atoms. The van der Waals surface area contributed by atoms with Crippen LogP contribution in [-0.4, -0.2) is 28.1 Å². The molecule has 0 aliphatic carbocycles. The number of aromatic nitrogens is 3. The molecule has 0 fully saturated rings. The third kappa shape index (κ3) is 3.29. The fourth-order valence-electron chi connectivity index (χ4n) is 2.91. The fourth-order valence-corrected chi connectivity index (χ4v) is 3.16. The van der Waals surface area contributed by atoms with Crippen molar-refractivity contribution in [2.45, 2.75) is 6.18 Å². The van der Waals surface area contributed by atoms with E-state index in [0.717, 1.165) is 0 Å². The van der Waals surface area contributed by atoms with Gasteiger partial charge in [-0.25, -0.2) is 9.97 Å². The summed E-state index contributed by atoms with van der Waals surface area (Å²) in [4.78, 5) is 12.0. The molecule has 0 radical (unpaired) electrons. The number of halogens is 4. The first-order valence-corrected chi connectivity index (χ1v) is 8.58. The number of para-hydroxylation sites is 1. The summed E-state index contributed by atoms with van der Waals surface area (Å²) in [7, 11) is 0. The van der Waals surface area contributed by atoms with Crippen LogP contribution in [0.15, 0.2) is 37.0 Å². The van der Waals surface area contributed by atoms with E-state index in [2.05, 4.69) is 32.2 Å². The maximum atomic E-state index is 13.7. The topological polar surface area (TPSA) is 72.0 Å². The molecule has 1 aliphatic rings. The van der Waals surface area contributed by atoms with Gasteiger partial charge in [-0.15, -0.1) is 0 Å². The second-order valence-electron chi connectivity index (χ2n) is 5.95. The number of hydrogen-bond acceptors (Lipinski definition) is 6. The summed E-state index contributed by atoms with van der Waals surface area (Å²) >= 11 is 5.78. The standard InChI is InChI=1S/C18H13ClF3N5O/c1-9-10-4-2-3-5-12(10)28-7-6-23-17-26-11-8-24-15(19)14(18(20,21)22)13(11)16(25-9)27-17/h2-5,8H,1,6-7H2,(H2,23,25,26,27). The minimum absolute atomic E-state index is 0.00187. The van der Waals surface area contributed by atoms with Crippen LogP contribution >= 0.6 is 11.6 Å². The third-order valence-corrected chi connectivity index (χ3v) is 4.39. The zero-order valence-electron chi connectivity index (χ0n) is 14.3. The number of benzene rings is 1. The highest BCUT2D eigenvalue weighted by atomic mass is 35.5. The maximum absolute atomic E-state index is 13.7. The van der Waals surface area contributed by atoms with Crippen molar-refractivity contribution < 1.29 is 17.9 Å². The molecule has 10 heteroatoms. The molecule has 0 unspecified atom stereocenters. The number of nitrogens with one attached hydrogen (secondary N) is 2. The molecule has 2 bridgehead atoms. The Morgan fingerprint density at radius 2 is 1.96 bits per heavy atom. The van der Waals surface area contributed by atoms with Gasteiger partial charge in [0.1, 0.15) is 28.9 Å². The highest BCUT2D eigenvalue weighted by Crippen LogP contribution is 2.41. The Hall–Kier alpha value is -3.07. The van der Waals surface area contributed by atoms with E-state index in [4.69, 9.17) is 16.3 Å². The Labute approximate surface area is 162 Å². The van der Waals surface area contributed by atoms with E-state index in [1.807, 2.05) is 0 Å². The number of hydrogen-bond donors (Lipinski definition) is 2. The van der Waals surface area contributed by atoms with E-state index in [1.165, 1.54) is 6.20 Å². The normalized spacial score (nSPS) is 14.4. The van der Waals surface area contributed by atoms with Crippen molar-refractivity contribution >= 4 is 40.0 Å². The van der Waals surface area contributed by atoms with Gasteiger partial charge in [0.05, 0.1) is 23.6 Å². The minimum atomic E-state index is -4.74. The Balaban J connectivity index is 1.96. The highest BCUT2D eigenvalue weighted by molar-refractivity contribution is 6.31. The summed E-state index contributed by atoms with van der Waals surface area (Å²) in [5.41, 5.74) is -0.179. The monoisotopic (exact) mass is 407 g/mol. The van der Waals surface area contributed by atoms with E-state index in [0.29, 0.717) is 30.2 Å². The molecule has 2 aromatic heterocycles. The molecule has 2 N–H and O–H groups in total. The van der Waals surface area contributed by atoms with Crippen LogP contribution < -0.4 is 15.4 Å². The molecule has 0 atom stereocenters. The van der Waals surface area contributed by atoms with Crippen LogP contribution in [0.1, 0.15) is 11.1 Å². The Kier molecular flexibility index (Phi) is 4.46. The second kappa shape index (κ2) is 6.83. The van der Waals surface area contributed by atoms with Gasteiger partial charge in [0.25, 0.3) is 0 Å². The summed E-state index contributed by atoms with van der Waals surface area (Å²) in [5, 5.41) is 4.84. The Morgan fingerprint density at radius 1 is 1.18 bits per heavy atom. The van der Waals surface area contributed by atoms with Crippen LogP contribution in [-0.2, 0) is 6.18 Å². The van der Waals surface area contributed by atoms with Gasteiger partial charge < -0.3 is 15.4 Å². The van der Waals surface area contributed by atoms with E-state index in [-0.39, 0.29) is 22.7 Å². The molecule has 144 valence electrons. The van der Waals surface area contributed by atoms with Crippen molar-refractivity contribution in [1.29, 1.82) is 0 Å². The summed E-state index contributed by atoms with van der Waals surface area (Å²) < 4.78 is 46.8. The molecule has 0 saturated carbocycles. The van der Waals surface area contributed by atoms with Gasteiger partial charge >= 0.3 is 6.18 Å². The van der Waals surface area contributed by atoms with Gasteiger partial charge in [-0.05, 0) is 12.1 Å². The average Bonchev–Trinajstić information content (AvgIpc) is 2.66. The van der Waals surface area contributed by atoms with Crippen molar-refractivity contribution in [3.05, 3.63) is 53.3 Å². The van der Waals surface area contributed by atoms with Gasteiger partial charge in [0, 0.05) is 11.3 Å². The largest absolute Gasteiger partial charge is 0.491 e.